The average molecular weight is 625 g/mol. The molecule has 0 amide bonds. The second-order valence-electron chi connectivity index (χ2n) is 11.0. The number of benzene rings is 1. The minimum absolute atomic E-state index is 0. The van der Waals surface area contributed by atoms with Crippen LogP contribution in [0.4, 0.5) is 16.4 Å². The summed E-state index contributed by atoms with van der Waals surface area (Å²) in [6.07, 6.45) is 5.60. The zero-order chi connectivity index (χ0) is 25.1. The van der Waals surface area contributed by atoms with Crippen LogP contribution in [0.2, 0.25) is 0 Å². The maximum atomic E-state index is 12.9. The molecule has 3 heterocycles. The lowest BCUT2D eigenvalue weighted by molar-refractivity contribution is -0.929. The van der Waals surface area contributed by atoms with Crippen molar-refractivity contribution >= 4 is 39.5 Å². The summed E-state index contributed by atoms with van der Waals surface area (Å²) in [7, 11) is 2.20. The molecule has 2 aliphatic heterocycles. The molecule has 1 aromatic heterocycles. The van der Waals surface area contributed by atoms with Crippen molar-refractivity contribution in [1.29, 1.82) is 0 Å². The minimum Gasteiger partial charge on any atom is -1.00 e. The summed E-state index contributed by atoms with van der Waals surface area (Å²) < 4.78 is 6.63. The Balaban J connectivity index is 0.00000361. The number of piperazine rings is 1. The van der Waals surface area contributed by atoms with E-state index in [4.69, 9.17) is 9.73 Å². The molecular weight excluding hydrogens is 583 g/mol. The molecule has 0 radical (unpaired) electrons. The minimum atomic E-state index is -0.419. The lowest BCUT2D eigenvalue weighted by atomic mass is 9.87. The van der Waals surface area contributed by atoms with Crippen LogP contribution in [-0.4, -0.2) is 61.1 Å². The van der Waals surface area contributed by atoms with Crippen LogP contribution in [0.15, 0.2) is 35.3 Å². The number of hydrogen-bond acceptors (Lipinski definition) is 6. The molecule has 0 atom stereocenters. The van der Waals surface area contributed by atoms with Crippen LogP contribution in [-0.2, 0) is 9.53 Å². The van der Waals surface area contributed by atoms with Crippen molar-refractivity contribution in [3.8, 4) is 0 Å². The van der Waals surface area contributed by atoms with Crippen LogP contribution in [0, 0.1) is 12.3 Å². The molecule has 0 aliphatic carbocycles. The number of fused-ring (bicyclic) bond motifs is 2. The number of ether oxygens (including phenoxy) is 1. The van der Waals surface area contributed by atoms with E-state index in [0.717, 1.165) is 65.7 Å². The number of carbonyl (C=O) groups is 1. The molecule has 0 bridgehead atoms. The normalized spacial score (nSPS) is 16.6. The van der Waals surface area contributed by atoms with Crippen molar-refractivity contribution in [2.45, 2.75) is 59.8 Å². The summed E-state index contributed by atoms with van der Waals surface area (Å²) in [5.74, 6) is 0.975. The van der Waals surface area contributed by atoms with Crippen molar-refractivity contribution in [3.63, 3.8) is 0 Å². The number of hydrogen-bond donors (Lipinski definition) is 1. The lowest BCUT2D eigenvalue weighted by Crippen LogP contribution is -3.00. The molecule has 36 heavy (non-hydrogen) atoms. The first-order chi connectivity index (χ1) is 16.7. The average Bonchev–Trinajstić information content (AvgIpc) is 3.12. The number of nitrogens with one attached hydrogen (secondary N) is 1. The van der Waals surface area contributed by atoms with Crippen molar-refractivity contribution < 1.29 is 38.0 Å². The highest BCUT2D eigenvalue weighted by Gasteiger charge is 2.35. The number of para-hydroxylation sites is 2. The zero-order valence-electron chi connectivity index (χ0n) is 22.4. The largest absolute Gasteiger partial charge is 1.00 e. The van der Waals surface area contributed by atoms with Gasteiger partial charge in [-0.25, -0.2) is 4.99 Å². The van der Waals surface area contributed by atoms with Gasteiger partial charge >= 0.3 is 5.97 Å². The number of unbranched alkanes of at least 4 members (excludes halogenated alkanes) is 3. The zero-order valence-corrected chi connectivity index (χ0v) is 25.4. The molecule has 1 saturated heterocycles. The first kappa shape index (κ1) is 28.9. The number of anilines is 2. The summed E-state index contributed by atoms with van der Waals surface area (Å²) >= 11 is 1.78. The first-order valence-electron chi connectivity index (χ1n) is 13.0. The summed E-state index contributed by atoms with van der Waals surface area (Å²) in [5, 5.41) is 4.75. The number of halogens is 1. The first-order valence-corrected chi connectivity index (χ1v) is 13.8. The quantitative estimate of drug-likeness (QED) is 0.212. The molecule has 0 saturated carbocycles. The number of nitrogens with zero attached hydrogens (tertiary/aromatic N) is 3. The number of rotatable bonds is 8. The Hall–Kier alpha value is -1.65. The van der Waals surface area contributed by atoms with Crippen LogP contribution >= 0.6 is 11.3 Å². The van der Waals surface area contributed by atoms with Gasteiger partial charge in [-0.15, -0.1) is 11.3 Å². The van der Waals surface area contributed by atoms with Crippen LogP contribution in [0.3, 0.4) is 0 Å². The molecule has 0 spiro atoms. The number of likely N-dealkylation sites (N-methyl/N-ethyl adjacent to an activating group) is 1. The van der Waals surface area contributed by atoms with Gasteiger partial charge in [0.2, 0.25) is 6.73 Å². The third kappa shape index (κ3) is 6.81. The molecule has 6 nitrogen and oxygen atoms in total. The predicted octanol–water partition coefficient (Wildman–Crippen LogP) is 3.46. The Morgan fingerprint density at radius 2 is 1.92 bits per heavy atom. The van der Waals surface area contributed by atoms with E-state index in [1.54, 1.807) is 11.3 Å². The topological polar surface area (TPSA) is 53.9 Å². The molecule has 0 unspecified atom stereocenters. The Morgan fingerprint density at radius 1 is 1.19 bits per heavy atom. The molecule has 2 aliphatic rings. The van der Waals surface area contributed by atoms with Crippen LogP contribution in [0.25, 0.3) is 0 Å². The highest BCUT2D eigenvalue weighted by molar-refractivity contribution is 7.16. The molecule has 2 aromatic rings. The van der Waals surface area contributed by atoms with Gasteiger partial charge < -0.3 is 38.9 Å². The van der Waals surface area contributed by atoms with Gasteiger partial charge in [0.1, 0.15) is 10.8 Å². The summed E-state index contributed by atoms with van der Waals surface area (Å²) in [6, 6.07) is 10.5. The van der Waals surface area contributed by atoms with E-state index in [9.17, 15) is 4.79 Å². The fraction of sp³-hybridized carbons (Fsp3) is 0.571. The van der Waals surface area contributed by atoms with Crippen molar-refractivity contribution in [2.75, 3.05) is 45.3 Å². The van der Waals surface area contributed by atoms with Crippen LogP contribution in [0.1, 0.15) is 63.3 Å². The summed E-state index contributed by atoms with van der Waals surface area (Å²) in [5.41, 5.74) is 2.78. The molecule has 4 rings (SSSR count). The van der Waals surface area contributed by atoms with Gasteiger partial charge in [-0.1, -0.05) is 44.7 Å². The third-order valence-corrected chi connectivity index (χ3v) is 8.27. The number of aliphatic imine (C=N–C) groups is 1. The van der Waals surface area contributed by atoms with Gasteiger partial charge in [-0.2, -0.15) is 0 Å². The Kier molecular flexibility index (Phi) is 9.85. The second-order valence-corrected chi connectivity index (χ2v) is 12.2. The van der Waals surface area contributed by atoms with E-state index in [2.05, 4.69) is 49.3 Å². The highest BCUT2D eigenvalue weighted by atomic mass is 127. The third-order valence-electron chi connectivity index (χ3n) is 7.31. The molecule has 1 N–H and O–H groups in total. The summed E-state index contributed by atoms with van der Waals surface area (Å²) in [4.78, 5) is 21.6. The number of quaternary nitrogens is 1. The smallest absolute Gasteiger partial charge is 0.315 e. The van der Waals surface area contributed by atoms with Crippen LogP contribution < -0.4 is 29.3 Å². The van der Waals surface area contributed by atoms with Gasteiger partial charge in [-0.05, 0) is 45.4 Å². The number of carbonyl (C=O) groups excluding carboxylic acids is 1. The van der Waals surface area contributed by atoms with Crippen molar-refractivity contribution in [3.05, 3.63) is 40.8 Å². The molecule has 1 aromatic carbocycles. The Morgan fingerprint density at radius 3 is 2.64 bits per heavy atom. The fourth-order valence-corrected chi connectivity index (χ4v) is 5.70. The number of aryl methyl sites for hydroxylation is 1. The van der Waals surface area contributed by atoms with Gasteiger partial charge in [0.05, 0.1) is 55.6 Å². The van der Waals surface area contributed by atoms with E-state index in [1.165, 1.54) is 29.7 Å². The van der Waals surface area contributed by atoms with E-state index in [1.807, 2.05) is 26.0 Å². The van der Waals surface area contributed by atoms with Gasteiger partial charge in [0, 0.05) is 4.88 Å². The molecule has 8 heteroatoms. The SMILES string of the molecule is CCCCCCC(C)(C)C(=O)OC[N+]1(C)CCN(C2=Nc3ccccc3Nc3sc(C)cc32)CC1.[I-]. The predicted molar refractivity (Wildman–Crippen MR) is 146 cm³/mol. The number of esters is 1. The number of amidine groups is 1. The summed E-state index contributed by atoms with van der Waals surface area (Å²) in [6.45, 7) is 12.4. The Labute approximate surface area is 237 Å². The fourth-order valence-electron chi connectivity index (χ4n) is 4.78. The van der Waals surface area contributed by atoms with Gasteiger partial charge in [-0.3, -0.25) is 9.28 Å². The van der Waals surface area contributed by atoms with E-state index in [-0.39, 0.29) is 29.9 Å². The highest BCUT2D eigenvalue weighted by Crippen LogP contribution is 2.39. The molecule has 198 valence electrons. The van der Waals surface area contributed by atoms with E-state index in [0.29, 0.717) is 6.73 Å². The maximum absolute atomic E-state index is 12.9. The van der Waals surface area contributed by atoms with E-state index >= 15 is 0 Å². The van der Waals surface area contributed by atoms with Gasteiger partial charge in [0.15, 0.2) is 0 Å². The van der Waals surface area contributed by atoms with Crippen molar-refractivity contribution in [1.82, 2.24) is 4.90 Å². The molecular formula is C28H41IN4O2S. The number of thiophene rings is 1. The maximum Gasteiger partial charge on any atom is 0.315 e. The van der Waals surface area contributed by atoms with Gasteiger partial charge in [0.25, 0.3) is 0 Å². The van der Waals surface area contributed by atoms with E-state index < -0.39 is 5.41 Å². The Bertz CT molecular complexity index is 1070. The second kappa shape index (κ2) is 12.3. The lowest BCUT2D eigenvalue weighted by Gasteiger charge is -2.42. The molecule has 1 fully saturated rings. The van der Waals surface area contributed by atoms with Crippen molar-refractivity contribution in [2.24, 2.45) is 10.4 Å². The van der Waals surface area contributed by atoms with Crippen LogP contribution in [0.5, 0.6) is 0 Å². The standard InChI is InChI=1S/C28H41N4O2S.HI/c1-6-7-8-11-14-28(3,4)27(33)34-20-32(5)17-15-31(16-18-32)25-22-19-21(2)35-26(22)30-24-13-10-9-12-23(24)29-25;/h9-10,12-13,19,30H,6-8,11,14-18,20H2,1-5H3;1H/q+1;/p-1. The monoisotopic (exact) mass is 624 g/mol.